The molecular formula is C25H22N2OS2. The topological polar surface area (TPSA) is 48.6 Å². The van der Waals surface area contributed by atoms with Crippen LogP contribution >= 0.6 is 23.1 Å². The SMILES string of the molecule is O=c1[nH]c2c(s1)[C@H](c1c(-c3ccccc3)[nH]c3ccccc13)[C@H]1[C@@H]3CC[C@H](C3)[C@H]1S2. The van der Waals surface area contributed by atoms with Gasteiger partial charge in [0.25, 0.3) is 0 Å². The highest BCUT2D eigenvalue weighted by molar-refractivity contribution is 8.00. The van der Waals surface area contributed by atoms with Crippen molar-refractivity contribution in [3.63, 3.8) is 0 Å². The average molecular weight is 431 g/mol. The maximum absolute atomic E-state index is 12.4. The van der Waals surface area contributed by atoms with Crippen LogP contribution in [0.5, 0.6) is 0 Å². The van der Waals surface area contributed by atoms with Crippen LogP contribution in [-0.2, 0) is 0 Å². The van der Waals surface area contributed by atoms with Gasteiger partial charge in [-0.3, -0.25) is 4.79 Å². The van der Waals surface area contributed by atoms with Crippen molar-refractivity contribution in [1.29, 1.82) is 0 Å². The van der Waals surface area contributed by atoms with Crippen LogP contribution in [0.25, 0.3) is 22.2 Å². The van der Waals surface area contributed by atoms with E-state index in [1.54, 1.807) is 0 Å². The van der Waals surface area contributed by atoms with Crippen LogP contribution in [0.2, 0.25) is 0 Å². The Morgan fingerprint density at radius 3 is 2.60 bits per heavy atom. The first-order chi connectivity index (χ1) is 14.8. The van der Waals surface area contributed by atoms with Crippen LogP contribution < -0.4 is 4.87 Å². The molecule has 7 rings (SSSR count). The molecule has 0 spiro atoms. The zero-order valence-electron chi connectivity index (χ0n) is 16.4. The van der Waals surface area contributed by atoms with Gasteiger partial charge in [0.2, 0.25) is 0 Å². The van der Waals surface area contributed by atoms with Crippen molar-refractivity contribution in [2.45, 2.75) is 35.5 Å². The van der Waals surface area contributed by atoms with E-state index in [2.05, 4.69) is 64.6 Å². The van der Waals surface area contributed by atoms with Gasteiger partial charge in [0, 0.05) is 26.9 Å². The van der Waals surface area contributed by atoms with E-state index in [9.17, 15) is 4.79 Å². The number of hydrogen-bond donors (Lipinski definition) is 2. The third kappa shape index (κ3) is 2.36. The molecule has 2 fully saturated rings. The standard InChI is InChI=1S/C25H22N2OS2/c28-25-27-24-23(30-25)20(18-14-10-11-15(12-14)22(18)29-24)19-16-8-4-5-9-17(16)26-21(19)13-6-2-1-3-7-13/h1-9,14-15,18,20,22,26H,10-12H2,(H,27,28)/t14-,15-,18-,20+,22-/m1/s1. The number of nitrogens with one attached hydrogen (secondary N) is 2. The van der Waals surface area contributed by atoms with E-state index in [1.165, 1.54) is 63.2 Å². The Hall–Kier alpha value is -2.24. The molecule has 150 valence electrons. The molecule has 0 radical (unpaired) electrons. The van der Waals surface area contributed by atoms with Gasteiger partial charge in [0.1, 0.15) is 0 Å². The molecule has 2 saturated carbocycles. The third-order valence-electron chi connectivity index (χ3n) is 7.59. The van der Waals surface area contributed by atoms with E-state index in [0.717, 1.165) is 16.9 Å². The summed E-state index contributed by atoms with van der Waals surface area (Å²) in [5, 5.41) is 3.07. The molecule has 0 unspecified atom stereocenters. The molecule has 3 aliphatic rings. The molecular weight excluding hydrogens is 408 g/mol. The zero-order valence-corrected chi connectivity index (χ0v) is 18.1. The Morgan fingerprint density at radius 1 is 0.900 bits per heavy atom. The van der Waals surface area contributed by atoms with Gasteiger partial charge in [-0.15, -0.1) is 11.8 Å². The maximum atomic E-state index is 12.4. The fourth-order valence-electron chi connectivity index (χ4n) is 6.49. The van der Waals surface area contributed by atoms with Crippen molar-refractivity contribution in [1.82, 2.24) is 9.97 Å². The summed E-state index contributed by atoms with van der Waals surface area (Å²) in [5.41, 5.74) is 5.04. The second-order valence-corrected chi connectivity index (χ2v) is 11.2. The summed E-state index contributed by atoms with van der Waals surface area (Å²) >= 11 is 3.40. The Labute approximate surface area is 182 Å². The lowest BCUT2D eigenvalue weighted by atomic mass is 9.73. The number of aromatic nitrogens is 2. The lowest BCUT2D eigenvalue weighted by Crippen LogP contribution is -2.33. The van der Waals surface area contributed by atoms with Gasteiger partial charge in [0.05, 0.1) is 10.7 Å². The summed E-state index contributed by atoms with van der Waals surface area (Å²) in [4.78, 5) is 20.7. The highest BCUT2D eigenvalue weighted by atomic mass is 32.2. The van der Waals surface area contributed by atoms with Crippen molar-refractivity contribution >= 4 is 34.0 Å². The Kier molecular flexibility index (Phi) is 3.71. The lowest BCUT2D eigenvalue weighted by molar-refractivity contribution is 0.309. The van der Waals surface area contributed by atoms with E-state index in [4.69, 9.17) is 0 Å². The van der Waals surface area contributed by atoms with Crippen LogP contribution in [0.4, 0.5) is 0 Å². The van der Waals surface area contributed by atoms with Gasteiger partial charge >= 0.3 is 4.87 Å². The number of hydrogen-bond acceptors (Lipinski definition) is 3. The Bertz CT molecular complexity index is 1320. The minimum Gasteiger partial charge on any atom is -0.354 e. The molecule has 30 heavy (non-hydrogen) atoms. The fourth-order valence-corrected chi connectivity index (χ4v) is 9.37. The molecule has 1 aliphatic heterocycles. The second-order valence-electron chi connectivity index (χ2n) is 9.00. The number of rotatable bonds is 2. The number of para-hydroxylation sites is 1. The minimum absolute atomic E-state index is 0.0888. The summed E-state index contributed by atoms with van der Waals surface area (Å²) in [7, 11) is 0. The summed E-state index contributed by atoms with van der Waals surface area (Å²) in [5.74, 6) is 2.49. The molecule has 3 heterocycles. The van der Waals surface area contributed by atoms with E-state index in [-0.39, 0.29) is 10.8 Å². The Morgan fingerprint density at radius 2 is 1.70 bits per heavy atom. The first-order valence-electron chi connectivity index (χ1n) is 10.8. The van der Waals surface area contributed by atoms with Crippen molar-refractivity contribution in [3.05, 3.63) is 74.7 Å². The van der Waals surface area contributed by atoms with E-state index < -0.39 is 0 Å². The van der Waals surface area contributed by atoms with Gasteiger partial charge in [-0.1, -0.05) is 59.9 Å². The molecule has 5 heteroatoms. The normalized spacial score (nSPS) is 29.3. The average Bonchev–Trinajstić information content (AvgIpc) is 3.54. The monoisotopic (exact) mass is 430 g/mol. The fraction of sp³-hybridized carbons (Fsp3) is 0.320. The van der Waals surface area contributed by atoms with Gasteiger partial charge < -0.3 is 9.97 Å². The smallest absolute Gasteiger partial charge is 0.305 e. The quantitative estimate of drug-likeness (QED) is 0.396. The van der Waals surface area contributed by atoms with Crippen molar-refractivity contribution in [2.75, 3.05) is 0 Å². The summed E-state index contributed by atoms with van der Waals surface area (Å²) in [6.07, 6.45) is 4.07. The van der Waals surface area contributed by atoms with Gasteiger partial charge in [-0.25, -0.2) is 0 Å². The molecule has 4 aromatic rings. The molecule has 2 N–H and O–H groups in total. The van der Waals surface area contributed by atoms with E-state index in [0.29, 0.717) is 11.2 Å². The number of thioether (sulfide) groups is 1. The van der Waals surface area contributed by atoms with Gasteiger partial charge in [-0.05, 0) is 54.2 Å². The molecule has 2 aromatic carbocycles. The molecule has 3 nitrogen and oxygen atoms in total. The van der Waals surface area contributed by atoms with Crippen molar-refractivity contribution in [2.24, 2.45) is 17.8 Å². The van der Waals surface area contributed by atoms with Crippen LogP contribution in [0, 0.1) is 17.8 Å². The molecule has 0 amide bonds. The highest BCUT2D eigenvalue weighted by Crippen LogP contribution is 2.64. The third-order valence-corrected chi connectivity index (χ3v) is 10.2. The van der Waals surface area contributed by atoms with Crippen LogP contribution in [-0.4, -0.2) is 15.2 Å². The van der Waals surface area contributed by atoms with Crippen molar-refractivity contribution < 1.29 is 0 Å². The van der Waals surface area contributed by atoms with Gasteiger partial charge in [0.15, 0.2) is 0 Å². The first-order valence-corrected chi connectivity index (χ1v) is 12.5. The lowest BCUT2D eigenvalue weighted by Gasteiger charge is -2.40. The Balaban J connectivity index is 1.54. The first kappa shape index (κ1) is 17.4. The van der Waals surface area contributed by atoms with Gasteiger partial charge in [-0.2, -0.15) is 0 Å². The number of fused-ring (bicyclic) bond motifs is 7. The highest BCUT2D eigenvalue weighted by Gasteiger charge is 2.55. The predicted molar refractivity (Wildman–Crippen MR) is 124 cm³/mol. The molecule has 0 saturated heterocycles. The summed E-state index contributed by atoms with van der Waals surface area (Å²) in [6.45, 7) is 0. The zero-order chi connectivity index (χ0) is 19.8. The predicted octanol–water partition coefficient (Wildman–Crippen LogP) is 6.24. The minimum atomic E-state index is 0.0888. The number of benzene rings is 2. The van der Waals surface area contributed by atoms with Crippen LogP contribution in [0.1, 0.15) is 35.6 Å². The second kappa shape index (κ2) is 6.38. The number of thiazole rings is 1. The maximum Gasteiger partial charge on any atom is 0.305 e. The van der Waals surface area contributed by atoms with Crippen molar-refractivity contribution in [3.8, 4) is 11.3 Å². The van der Waals surface area contributed by atoms with Crippen LogP contribution in [0.3, 0.4) is 0 Å². The molecule has 2 aromatic heterocycles. The number of H-pyrrole nitrogens is 2. The summed E-state index contributed by atoms with van der Waals surface area (Å²) in [6, 6.07) is 19.4. The molecule has 2 bridgehead atoms. The summed E-state index contributed by atoms with van der Waals surface area (Å²) < 4.78 is 0. The van der Waals surface area contributed by atoms with E-state index in [1.807, 2.05) is 11.8 Å². The number of aromatic amines is 2. The van der Waals surface area contributed by atoms with Crippen LogP contribution in [0.15, 0.2) is 64.4 Å². The molecule has 5 atom stereocenters. The van der Waals surface area contributed by atoms with E-state index >= 15 is 0 Å². The largest absolute Gasteiger partial charge is 0.354 e. The molecule has 2 aliphatic carbocycles.